The SMILES string of the molecule is CC(C)[C@@](C)(C#N)NC(=O)CSc1ccccc1. The van der Waals surface area contributed by atoms with Crippen LogP contribution in [0.4, 0.5) is 0 Å². The summed E-state index contributed by atoms with van der Waals surface area (Å²) in [6, 6.07) is 11.9. The molecular weight excluding hydrogens is 244 g/mol. The summed E-state index contributed by atoms with van der Waals surface area (Å²) >= 11 is 1.47. The van der Waals surface area contributed by atoms with E-state index >= 15 is 0 Å². The predicted octanol–water partition coefficient (Wildman–Crippen LogP) is 2.83. The number of hydrogen-bond donors (Lipinski definition) is 1. The van der Waals surface area contributed by atoms with Gasteiger partial charge in [0.25, 0.3) is 0 Å². The number of thioether (sulfide) groups is 1. The lowest BCUT2D eigenvalue weighted by molar-refractivity contribution is -0.120. The van der Waals surface area contributed by atoms with Crippen molar-refractivity contribution in [3.05, 3.63) is 30.3 Å². The Morgan fingerprint density at radius 3 is 2.56 bits per heavy atom. The molecule has 0 aliphatic rings. The molecule has 0 aliphatic carbocycles. The average molecular weight is 262 g/mol. The molecule has 1 atom stereocenters. The molecule has 18 heavy (non-hydrogen) atoms. The highest BCUT2D eigenvalue weighted by molar-refractivity contribution is 8.00. The molecule has 0 radical (unpaired) electrons. The second kappa shape index (κ2) is 6.46. The molecule has 0 spiro atoms. The molecule has 1 aromatic rings. The third-order valence-electron chi connectivity index (χ3n) is 2.90. The van der Waals surface area contributed by atoms with Crippen molar-refractivity contribution >= 4 is 17.7 Å². The highest BCUT2D eigenvalue weighted by Gasteiger charge is 2.29. The van der Waals surface area contributed by atoms with Gasteiger partial charge in [-0.15, -0.1) is 11.8 Å². The van der Waals surface area contributed by atoms with E-state index in [1.165, 1.54) is 11.8 Å². The van der Waals surface area contributed by atoms with Crippen molar-refractivity contribution in [1.82, 2.24) is 5.32 Å². The van der Waals surface area contributed by atoms with E-state index in [1.54, 1.807) is 6.92 Å². The van der Waals surface area contributed by atoms with E-state index in [2.05, 4.69) is 11.4 Å². The van der Waals surface area contributed by atoms with Crippen LogP contribution in [-0.4, -0.2) is 17.2 Å². The molecule has 4 heteroatoms. The fraction of sp³-hybridized carbons (Fsp3) is 0.429. The zero-order chi connectivity index (χ0) is 13.6. The van der Waals surface area contributed by atoms with E-state index in [9.17, 15) is 4.79 Å². The summed E-state index contributed by atoms with van der Waals surface area (Å²) in [6.07, 6.45) is 0. The van der Waals surface area contributed by atoms with Gasteiger partial charge in [-0.3, -0.25) is 4.79 Å². The fourth-order valence-electron chi connectivity index (χ4n) is 1.29. The summed E-state index contributed by atoms with van der Waals surface area (Å²) in [5.41, 5.74) is -0.797. The lowest BCUT2D eigenvalue weighted by Crippen LogP contribution is -2.49. The van der Waals surface area contributed by atoms with Crippen molar-refractivity contribution in [2.75, 3.05) is 5.75 Å². The molecule has 1 N–H and O–H groups in total. The predicted molar refractivity (Wildman–Crippen MR) is 74.2 cm³/mol. The Morgan fingerprint density at radius 2 is 2.06 bits per heavy atom. The van der Waals surface area contributed by atoms with Crippen molar-refractivity contribution in [3.8, 4) is 6.07 Å². The first-order chi connectivity index (χ1) is 8.48. The maximum absolute atomic E-state index is 11.8. The van der Waals surface area contributed by atoms with Crippen LogP contribution in [0.15, 0.2) is 35.2 Å². The molecule has 0 heterocycles. The minimum absolute atomic E-state index is 0.0770. The molecule has 96 valence electrons. The largest absolute Gasteiger partial charge is 0.337 e. The molecule has 0 fully saturated rings. The van der Waals surface area contributed by atoms with Gasteiger partial charge in [-0.1, -0.05) is 32.0 Å². The Labute approximate surface area is 113 Å². The van der Waals surface area contributed by atoms with Gasteiger partial charge in [-0.2, -0.15) is 5.26 Å². The van der Waals surface area contributed by atoms with Gasteiger partial charge in [0.15, 0.2) is 0 Å². The zero-order valence-electron chi connectivity index (χ0n) is 10.9. The van der Waals surface area contributed by atoms with Crippen LogP contribution in [0.3, 0.4) is 0 Å². The molecule has 0 unspecified atom stereocenters. The number of nitriles is 1. The van der Waals surface area contributed by atoms with E-state index in [0.29, 0.717) is 5.75 Å². The van der Waals surface area contributed by atoms with Crippen LogP contribution in [0.2, 0.25) is 0 Å². The highest BCUT2D eigenvalue weighted by Crippen LogP contribution is 2.18. The number of hydrogen-bond acceptors (Lipinski definition) is 3. The maximum atomic E-state index is 11.8. The van der Waals surface area contributed by atoms with E-state index < -0.39 is 5.54 Å². The zero-order valence-corrected chi connectivity index (χ0v) is 11.8. The first kappa shape index (κ1) is 14.6. The number of amides is 1. The molecule has 0 bridgehead atoms. The van der Waals surface area contributed by atoms with E-state index in [4.69, 9.17) is 5.26 Å². The molecule has 0 saturated carbocycles. The first-order valence-corrected chi connectivity index (χ1v) is 6.86. The number of carbonyl (C=O) groups excluding carboxylic acids is 1. The van der Waals surface area contributed by atoms with Crippen LogP contribution >= 0.6 is 11.8 Å². The fourth-order valence-corrected chi connectivity index (χ4v) is 2.01. The normalized spacial score (nSPS) is 13.7. The van der Waals surface area contributed by atoms with Crippen LogP contribution in [0.25, 0.3) is 0 Å². The number of rotatable bonds is 5. The monoisotopic (exact) mass is 262 g/mol. The quantitative estimate of drug-likeness (QED) is 0.830. The van der Waals surface area contributed by atoms with Crippen molar-refractivity contribution in [2.24, 2.45) is 5.92 Å². The summed E-state index contributed by atoms with van der Waals surface area (Å²) in [4.78, 5) is 12.9. The van der Waals surface area contributed by atoms with Crippen molar-refractivity contribution in [3.63, 3.8) is 0 Å². The summed E-state index contributed by atoms with van der Waals surface area (Å²) in [5.74, 6) is 0.295. The van der Waals surface area contributed by atoms with Crippen LogP contribution < -0.4 is 5.32 Å². The average Bonchev–Trinajstić information content (AvgIpc) is 2.37. The Hall–Kier alpha value is -1.47. The summed E-state index contributed by atoms with van der Waals surface area (Å²) in [6.45, 7) is 5.60. The van der Waals surface area contributed by atoms with Gasteiger partial charge in [-0.05, 0) is 25.0 Å². The van der Waals surface area contributed by atoms with Crippen LogP contribution in [0.1, 0.15) is 20.8 Å². The second-order valence-corrected chi connectivity index (χ2v) is 5.67. The molecule has 0 aliphatic heterocycles. The topological polar surface area (TPSA) is 52.9 Å². The van der Waals surface area contributed by atoms with Gasteiger partial charge < -0.3 is 5.32 Å². The van der Waals surface area contributed by atoms with Gasteiger partial charge in [-0.25, -0.2) is 0 Å². The van der Waals surface area contributed by atoms with Gasteiger partial charge in [0.1, 0.15) is 5.54 Å². The van der Waals surface area contributed by atoms with Crippen LogP contribution in [-0.2, 0) is 4.79 Å². The number of nitrogens with zero attached hydrogens (tertiary/aromatic N) is 1. The molecular formula is C14H18N2OS. The van der Waals surface area contributed by atoms with Crippen molar-refractivity contribution in [1.29, 1.82) is 5.26 Å². The molecule has 1 aromatic carbocycles. The van der Waals surface area contributed by atoms with Crippen molar-refractivity contribution < 1.29 is 4.79 Å². The number of nitrogens with one attached hydrogen (secondary N) is 1. The standard InChI is InChI=1S/C14H18N2OS/c1-11(2)14(3,10-15)16-13(17)9-18-12-7-5-4-6-8-12/h4-8,11H,9H2,1-3H3,(H,16,17)/t14-/m1/s1. The Morgan fingerprint density at radius 1 is 1.44 bits per heavy atom. The minimum Gasteiger partial charge on any atom is -0.337 e. The Balaban J connectivity index is 2.50. The van der Waals surface area contributed by atoms with Crippen LogP contribution in [0, 0.1) is 17.2 Å². The van der Waals surface area contributed by atoms with Gasteiger partial charge in [0, 0.05) is 4.90 Å². The third kappa shape index (κ3) is 4.08. The minimum atomic E-state index is -0.797. The van der Waals surface area contributed by atoms with Gasteiger partial charge >= 0.3 is 0 Å². The van der Waals surface area contributed by atoms with Gasteiger partial charge in [0.05, 0.1) is 11.8 Å². The van der Waals surface area contributed by atoms with Gasteiger partial charge in [0.2, 0.25) is 5.91 Å². The Kier molecular flexibility index (Phi) is 5.24. The first-order valence-electron chi connectivity index (χ1n) is 5.88. The maximum Gasteiger partial charge on any atom is 0.231 e. The number of carbonyl (C=O) groups is 1. The lowest BCUT2D eigenvalue weighted by Gasteiger charge is -2.27. The smallest absolute Gasteiger partial charge is 0.231 e. The Bertz CT molecular complexity index is 439. The second-order valence-electron chi connectivity index (χ2n) is 4.62. The van der Waals surface area contributed by atoms with E-state index in [1.807, 2.05) is 44.2 Å². The summed E-state index contributed by atoms with van der Waals surface area (Å²) < 4.78 is 0. The van der Waals surface area contributed by atoms with E-state index in [-0.39, 0.29) is 11.8 Å². The molecule has 0 saturated heterocycles. The lowest BCUT2D eigenvalue weighted by atomic mass is 9.90. The molecule has 0 aromatic heterocycles. The summed E-state index contributed by atoms with van der Waals surface area (Å²) in [7, 11) is 0. The third-order valence-corrected chi connectivity index (χ3v) is 3.91. The number of benzene rings is 1. The summed E-state index contributed by atoms with van der Waals surface area (Å²) in [5, 5.41) is 11.9. The molecule has 1 amide bonds. The van der Waals surface area contributed by atoms with Crippen LogP contribution in [0.5, 0.6) is 0 Å². The van der Waals surface area contributed by atoms with Crippen molar-refractivity contribution in [2.45, 2.75) is 31.2 Å². The van der Waals surface area contributed by atoms with E-state index in [0.717, 1.165) is 4.90 Å². The highest BCUT2D eigenvalue weighted by atomic mass is 32.2. The molecule has 1 rings (SSSR count). The molecule has 3 nitrogen and oxygen atoms in total.